The number of hydrogen-bond donors (Lipinski definition) is 5. The van der Waals surface area contributed by atoms with E-state index >= 15 is 0 Å². The number of aryl methyl sites for hydroxylation is 3. The van der Waals surface area contributed by atoms with Crippen molar-refractivity contribution in [3.63, 3.8) is 0 Å². The number of amides is 2. The summed E-state index contributed by atoms with van der Waals surface area (Å²) in [5.41, 5.74) is 8.65. The molecule has 38 heavy (non-hydrogen) atoms. The monoisotopic (exact) mass is 539 g/mol. The number of aromatic hydroxyl groups is 1. The van der Waals surface area contributed by atoms with Crippen LogP contribution >= 0.6 is 0 Å². The molecule has 0 aliphatic carbocycles. The molecular formula is C27H49N5O6. The number of carboxylic acids is 1. The second kappa shape index (κ2) is 22.4. The van der Waals surface area contributed by atoms with Crippen molar-refractivity contribution in [1.82, 2.24) is 20.2 Å². The van der Waals surface area contributed by atoms with Crippen LogP contribution in [0.4, 0.5) is 10.7 Å². The van der Waals surface area contributed by atoms with Crippen molar-refractivity contribution in [2.24, 2.45) is 0 Å². The zero-order valence-electron chi connectivity index (χ0n) is 24.7. The van der Waals surface area contributed by atoms with Gasteiger partial charge >= 0.3 is 12.1 Å². The predicted octanol–water partition coefficient (Wildman–Crippen LogP) is 4.57. The summed E-state index contributed by atoms with van der Waals surface area (Å²) in [5.74, 6) is -0.0652. The van der Waals surface area contributed by atoms with E-state index in [1.54, 1.807) is 18.3 Å². The first-order valence-corrected chi connectivity index (χ1v) is 12.6. The Bertz CT molecular complexity index is 900. The standard InChI is InChI=1S/C9H12O.C7H15NO2.C6H11N3.C3H5NO3.C2H6/c1-6-4-9(10)5-7(2)8(6)3;1-5-8-6(9)10-7(2,3)4;1-2-4-9-5-3-8-6(9)7;5-2-4-1-3(6)7;1-2/h4-5,10H,1-3H3;5H2,1-4H3,(H,8,9);3,5H,2,4H2,1H3,(H2,7,8);2H,1H2,(H,4,5)(H,6,7);1-2H3. The van der Waals surface area contributed by atoms with Gasteiger partial charge in [-0.05, 0) is 83.7 Å². The highest BCUT2D eigenvalue weighted by Gasteiger charge is 2.14. The van der Waals surface area contributed by atoms with Crippen LogP contribution in [0.15, 0.2) is 24.5 Å². The molecule has 0 saturated carbocycles. The molecule has 0 fully saturated rings. The summed E-state index contributed by atoms with van der Waals surface area (Å²) >= 11 is 0. The lowest BCUT2D eigenvalue weighted by molar-refractivity contribution is -0.136. The number of aliphatic carboxylic acids is 1. The van der Waals surface area contributed by atoms with E-state index in [-0.39, 0.29) is 18.2 Å². The van der Waals surface area contributed by atoms with Gasteiger partial charge in [0.2, 0.25) is 6.41 Å². The van der Waals surface area contributed by atoms with E-state index in [9.17, 15) is 14.4 Å². The smallest absolute Gasteiger partial charge is 0.407 e. The van der Waals surface area contributed by atoms with Crippen LogP contribution in [-0.4, -0.2) is 56.9 Å². The summed E-state index contributed by atoms with van der Waals surface area (Å²) in [6.07, 6.45) is 4.69. The van der Waals surface area contributed by atoms with Gasteiger partial charge in [0.15, 0.2) is 5.95 Å². The zero-order chi connectivity index (χ0) is 30.3. The van der Waals surface area contributed by atoms with E-state index in [4.69, 9.17) is 20.7 Å². The fourth-order valence-electron chi connectivity index (χ4n) is 2.37. The first-order valence-electron chi connectivity index (χ1n) is 12.6. The number of nitrogens with two attached hydrogens (primary N) is 1. The van der Waals surface area contributed by atoms with Gasteiger partial charge in [0, 0.05) is 25.5 Å². The Labute approximate surface area is 227 Å². The van der Waals surface area contributed by atoms with Crippen LogP contribution in [-0.2, 0) is 20.9 Å². The van der Waals surface area contributed by atoms with Crippen molar-refractivity contribution in [2.75, 3.05) is 18.8 Å². The number of benzene rings is 1. The lowest BCUT2D eigenvalue weighted by Gasteiger charge is -2.19. The van der Waals surface area contributed by atoms with Gasteiger partial charge < -0.3 is 35.9 Å². The number of phenolic OH excluding ortho intramolecular Hbond substituents is 1. The number of rotatable bonds is 6. The highest BCUT2D eigenvalue weighted by Crippen LogP contribution is 2.19. The minimum absolute atomic E-state index is 0.302. The Morgan fingerprint density at radius 3 is 1.97 bits per heavy atom. The average molecular weight is 540 g/mol. The average Bonchev–Trinajstić information content (AvgIpc) is 3.22. The molecule has 11 heteroatoms. The Kier molecular flexibility index (Phi) is 22.9. The number of nitrogen functional groups attached to an aromatic ring is 1. The van der Waals surface area contributed by atoms with Gasteiger partial charge in [0.05, 0.1) is 0 Å². The molecule has 1 aromatic heterocycles. The van der Waals surface area contributed by atoms with E-state index in [0.717, 1.165) is 24.1 Å². The molecule has 0 atom stereocenters. The molecule has 0 unspecified atom stereocenters. The van der Waals surface area contributed by atoms with E-state index in [1.807, 2.05) is 71.5 Å². The molecule has 2 amide bonds. The van der Waals surface area contributed by atoms with Crippen LogP contribution in [0.1, 0.15) is 71.6 Å². The van der Waals surface area contributed by atoms with Gasteiger partial charge in [-0.1, -0.05) is 20.8 Å². The number of carbonyl (C=O) groups excluding carboxylic acids is 2. The third-order valence-electron chi connectivity index (χ3n) is 4.18. The Hall–Kier alpha value is -3.76. The topological polar surface area (TPSA) is 169 Å². The van der Waals surface area contributed by atoms with Crippen molar-refractivity contribution < 1.29 is 29.3 Å². The van der Waals surface area contributed by atoms with E-state index < -0.39 is 5.97 Å². The molecule has 0 bridgehead atoms. The van der Waals surface area contributed by atoms with Gasteiger partial charge in [0.25, 0.3) is 0 Å². The van der Waals surface area contributed by atoms with Crippen molar-refractivity contribution in [1.29, 1.82) is 0 Å². The highest BCUT2D eigenvalue weighted by atomic mass is 16.6. The maximum absolute atomic E-state index is 10.7. The van der Waals surface area contributed by atoms with Gasteiger partial charge in [-0.3, -0.25) is 9.59 Å². The number of ether oxygens (including phenoxy) is 1. The molecule has 0 aliphatic heterocycles. The molecule has 0 spiro atoms. The Balaban J connectivity index is -0.000000424. The minimum Gasteiger partial charge on any atom is -0.508 e. The van der Waals surface area contributed by atoms with Crippen molar-refractivity contribution in [3.8, 4) is 5.75 Å². The summed E-state index contributed by atoms with van der Waals surface area (Å²) < 4.78 is 6.86. The number of anilines is 1. The maximum atomic E-state index is 10.7. The normalized spacial score (nSPS) is 9.32. The van der Waals surface area contributed by atoms with E-state index in [2.05, 4.69) is 24.1 Å². The van der Waals surface area contributed by atoms with Gasteiger partial charge in [-0.25, -0.2) is 9.78 Å². The zero-order valence-corrected chi connectivity index (χ0v) is 24.7. The highest BCUT2D eigenvalue weighted by molar-refractivity contribution is 5.71. The third kappa shape index (κ3) is 22.7. The fourth-order valence-corrected chi connectivity index (χ4v) is 2.37. The molecule has 6 N–H and O–H groups in total. The first-order chi connectivity index (χ1) is 17.7. The minimum atomic E-state index is -1.04. The molecular weight excluding hydrogens is 490 g/mol. The van der Waals surface area contributed by atoms with Crippen LogP contribution in [0.2, 0.25) is 0 Å². The number of carboxylic acid groups (broad SMARTS) is 1. The molecule has 1 aromatic carbocycles. The largest absolute Gasteiger partial charge is 0.508 e. The Morgan fingerprint density at radius 1 is 1.13 bits per heavy atom. The summed E-state index contributed by atoms with van der Waals surface area (Å²) in [7, 11) is 0. The number of hydrogen-bond acceptors (Lipinski definition) is 7. The van der Waals surface area contributed by atoms with Crippen LogP contribution in [0, 0.1) is 20.8 Å². The van der Waals surface area contributed by atoms with Gasteiger partial charge in [-0.2, -0.15) is 0 Å². The number of aromatic nitrogens is 2. The number of phenols is 1. The lowest BCUT2D eigenvalue weighted by Crippen LogP contribution is -2.32. The number of imidazole rings is 1. The molecule has 0 radical (unpaired) electrons. The molecule has 2 rings (SSSR count). The van der Waals surface area contributed by atoms with Crippen LogP contribution in [0.3, 0.4) is 0 Å². The van der Waals surface area contributed by atoms with Crippen LogP contribution in [0.25, 0.3) is 0 Å². The van der Waals surface area contributed by atoms with Crippen LogP contribution < -0.4 is 16.4 Å². The van der Waals surface area contributed by atoms with E-state index in [1.165, 1.54) is 5.56 Å². The summed E-state index contributed by atoms with van der Waals surface area (Å²) in [6.45, 7) is 20.8. The lowest BCUT2D eigenvalue weighted by atomic mass is 10.0. The SMILES string of the molecule is CC.CCCn1ccnc1N.CCNC(=O)OC(C)(C)C.Cc1cc(O)cc(C)c1C.O=CNCC(=O)O. The van der Waals surface area contributed by atoms with Gasteiger partial charge in [-0.15, -0.1) is 0 Å². The van der Waals surface area contributed by atoms with Crippen molar-refractivity contribution in [2.45, 2.75) is 87.8 Å². The predicted molar refractivity (Wildman–Crippen MR) is 152 cm³/mol. The first kappa shape index (κ1) is 38.8. The summed E-state index contributed by atoms with van der Waals surface area (Å²) in [4.78, 5) is 33.5. The quantitative estimate of drug-likeness (QED) is 0.333. The molecule has 0 aliphatic rings. The van der Waals surface area contributed by atoms with Gasteiger partial charge in [0.1, 0.15) is 17.9 Å². The summed E-state index contributed by atoms with van der Waals surface area (Å²) in [5, 5.41) is 21.5. The maximum Gasteiger partial charge on any atom is 0.407 e. The van der Waals surface area contributed by atoms with E-state index in [0.29, 0.717) is 24.7 Å². The summed E-state index contributed by atoms with van der Waals surface area (Å²) in [6, 6.07) is 3.56. The number of carbonyl (C=O) groups is 3. The second-order valence-electron chi connectivity index (χ2n) is 8.61. The number of alkyl carbamates (subject to hydrolysis) is 1. The third-order valence-corrected chi connectivity index (χ3v) is 4.18. The number of nitrogens with one attached hydrogen (secondary N) is 2. The molecule has 0 saturated heterocycles. The van der Waals surface area contributed by atoms with Crippen LogP contribution in [0.5, 0.6) is 5.75 Å². The fraction of sp³-hybridized carbons (Fsp3) is 0.556. The van der Waals surface area contributed by atoms with Crippen molar-refractivity contribution >= 4 is 24.4 Å². The number of nitrogens with zero attached hydrogens (tertiary/aromatic N) is 2. The molecule has 218 valence electrons. The second-order valence-corrected chi connectivity index (χ2v) is 8.61. The van der Waals surface area contributed by atoms with Crippen molar-refractivity contribution in [3.05, 3.63) is 41.2 Å². The molecule has 1 heterocycles. The molecule has 11 nitrogen and oxygen atoms in total. The molecule has 2 aromatic rings. The Morgan fingerprint density at radius 2 is 1.66 bits per heavy atom.